The van der Waals surface area contributed by atoms with Gasteiger partial charge in [0, 0.05) is 17.9 Å². The molecule has 1 heterocycles. The van der Waals surface area contributed by atoms with Crippen molar-refractivity contribution in [1.82, 2.24) is 0 Å². The second-order valence-corrected chi connectivity index (χ2v) is 5.15. The summed E-state index contributed by atoms with van der Waals surface area (Å²) in [6.45, 7) is 8.14. The second-order valence-electron chi connectivity index (χ2n) is 5.15. The van der Waals surface area contributed by atoms with Crippen LogP contribution in [0.2, 0.25) is 0 Å². The van der Waals surface area contributed by atoms with E-state index in [4.69, 9.17) is 4.74 Å². The summed E-state index contributed by atoms with van der Waals surface area (Å²) in [6.07, 6.45) is 8.41. The molecule has 0 aromatic heterocycles. The Balaban J connectivity index is 2.23. The van der Waals surface area contributed by atoms with Crippen molar-refractivity contribution in [2.24, 2.45) is 5.92 Å². The van der Waals surface area contributed by atoms with E-state index in [0.29, 0.717) is 5.57 Å². The van der Waals surface area contributed by atoms with Crippen molar-refractivity contribution in [2.45, 2.75) is 45.6 Å². The number of carbonyl (C=O) groups is 1. The van der Waals surface area contributed by atoms with Crippen LogP contribution in [-0.4, -0.2) is 12.1 Å². The topological polar surface area (TPSA) is 26.3 Å². The third kappa shape index (κ3) is 2.68. The molecule has 1 fully saturated rings. The first-order valence-corrected chi connectivity index (χ1v) is 6.29. The zero-order chi connectivity index (χ0) is 12.4. The van der Waals surface area contributed by atoms with Gasteiger partial charge in [-0.05, 0) is 33.1 Å². The summed E-state index contributed by atoms with van der Waals surface area (Å²) in [5, 5.41) is 0. The largest absolute Gasteiger partial charge is 0.458 e. The summed E-state index contributed by atoms with van der Waals surface area (Å²) in [4.78, 5) is 11.6. The molecule has 0 aromatic carbocycles. The lowest BCUT2D eigenvalue weighted by atomic mass is 9.88. The van der Waals surface area contributed by atoms with Crippen LogP contribution in [0.1, 0.15) is 39.5 Å². The SMILES string of the molecule is C=C1C(=O)O[C@H]2C/C(C)=C/CC/C(C)=C/C[C@@H]12. The number of allylic oxidation sites excluding steroid dienone is 3. The Bertz CT molecular complexity index is 401. The first kappa shape index (κ1) is 12.2. The molecule has 2 nitrogen and oxygen atoms in total. The maximum Gasteiger partial charge on any atom is 0.334 e. The first-order chi connectivity index (χ1) is 8.08. The molecule has 0 radical (unpaired) electrons. The molecule has 0 spiro atoms. The summed E-state index contributed by atoms with van der Waals surface area (Å²) in [7, 11) is 0. The summed E-state index contributed by atoms with van der Waals surface area (Å²) < 4.78 is 5.41. The standard InChI is InChI=1S/C15H20O2/c1-10-5-4-6-11(2)9-14-13(8-7-10)12(3)15(16)17-14/h6-7,13-14H,3-5,8-9H2,1-2H3/b10-7+,11-6+/t13-,14-/m0/s1. The Kier molecular flexibility index (Phi) is 3.51. The number of fused-ring (bicyclic) bond motifs is 1. The van der Waals surface area contributed by atoms with Crippen molar-refractivity contribution < 1.29 is 9.53 Å². The summed E-state index contributed by atoms with van der Waals surface area (Å²) in [5.41, 5.74) is 3.35. The fraction of sp³-hybridized carbons (Fsp3) is 0.533. The van der Waals surface area contributed by atoms with Crippen LogP contribution in [0.3, 0.4) is 0 Å². The van der Waals surface area contributed by atoms with Crippen molar-refractivity contribution in [2.75, 3.05) is 0 Å². The third-order valence-corrected chi connectivity index (χ3v) is 3.69. The maximum atomic E-state index is 11.6. The summed E-state index contributed by atoms with van der Waals surface area (Å²) >= 11 is 0. The summed E-state index contributed by atoms with van der Waals surface area (Å²) in [6, 6.07) is 0. The molecule has 0 unspecified atom stereocenters. The number of esters is 1. The zero-order valence-corrected chi connectivity index (χ0v) is 10.7. The van der Waals surface area contributed by atoms with Gasteiger partial charge in [0.05, 0.1) is 0 Å². The molecule has 92 valence electrons. The molecule has 0 aromatic rings. The van der Waals surface area contributed by atoms with Gasteiger partial charge in [-0.25, -0.2) is 4.79 Å². The molecule has 2 aliphatic rings. The lowest BCUT2D eigenvalue weighted by Crippen LogP contribution is -2.17. The van der Waals surface area contributed by atoms with E-state index in [2.05, 4.69) is 32.6 Å². The van der Waals surface area contributed by atoms with E-state index in [-0.39, 0.29) is 18.0 Å². The van der Waals surface area contributed by atoms with Gasteiger partial charge in [0.2, 0.25) is 0 Å². The molecule has 1 aliphatic heterocycles. The van der Waals surface area contributed by atoms with Gasteiger partial charge in [0.25, 0.3) is 0 Å². The second kappa shape index (κ2) is 4.91. The van der Waals surface area contributed by atoms with E-state index in [0.717, 1.165) is 25.7 Å². The molecule has 0 saturated carbocycles. The normalized spacial score (nSPS) is 36.4. The monoisotopic (exact) mass is 232 g/mol. The van der Waals surface area contributed by atoms with Crippen molar-refractivity contribution in [3.63, 3.8) is 0 Å². The number of hydrogen-bond acceptors (Lipinski definition) is 2. The Morgan fingerprint density at radius 2 is 2.06 bits per heavy atom. The van der Waals surface area contributed by atoms with Gasteiger partial charge >= 0.3 is 5.97 Å². The molecule has 2 atom stereocenters. The van der Waals surface area contributed by atoms with Gasteiger partial charge in [-0.2, -0.15) is 0 Å². The first-order valence-electron chi connectivity index (χ1n) is 6.29. The van der Waals surface area contributed by atoms with Crippen LogP contribution in [0.4, 0.5) is 0 Å². The van der Waals surface area contributed by atoms with Crippen LogP contribution in [0, 0.1) is 5.92 Å². The van der Waals surface area contributed by atoms with Gasteiger partial charge in [0.15, 0.2) is 0 Å². The highest BCUT2D eigenvalue weighted by molar-refractivity contribution is 5.90. The lowest BCUT2D eigenvalue weighted by Gasteiger charge is -2.18. The van der Waals surface area contributed by atoms with E-state index in [9.17, 15) is 4.79 Å². The van der Waals surface area contributed by atoms with Crippen LogP contribution < -0.4 is 0 Å². The highest BCUT2D eigenvalue weighted by atomic mass is 16.6. The number of hydrogen-bond donors (Lipinski definition) is 0. The van der Waals surface area contributed by atoms with E-state index < -0.39 is 0 Å². The third-order valence-electron chi connectivity index (χ3n) is 3.69. The molecule has 2 rings (SSSR count). The minimum Gasteiger partial charge on any atom is -0.458 e. The predicted molar refractivity (Wildman–Crippen MR) is 68.5 cm³/mol. The fourth-order valence-corrected chi connectivity index (χ4v) is 2.53. The molecular formula is C15H20O2. The fourth-order valence-electron chi connectivity index (χ4n) is 2.53. The molecule has 2 heteroatoms. The van der Waals surface area contributed by atoms with Crippen molar-refractivity contribution in [3.05, 3.63) is 35.5 Å². The summed E-state index contributed by atoms with van der Waals surface area (Å²) in [5.74, 6) is -0.0444. The van der Waals surface area contributed by atoms with E-state index in [1.54, 1.807) is 0 Å². The van der Waals surface area contributed by atoms with Crippen LogP contribution in [0.5, 0.6) is 0 Å². The molecule has 0 N–H and O–H groups in total. The van der Waals surface area contributed by atoms with Gasteiger partial charge < -0.3 is 4.74 Å². The average molecular weight is 232 g/mol. The Morgan fingerprint density at radius 1 is 1.29 bits per heavy atom. The number of carbonyl (C=O) groups excluding carboxylic acids is 1. The smallest absolute Gasteiger partial charge is 0.334 e. The van der Waals surface area contributed by atoms with Crippen molar-refractivity contribution in [1.29, 1.82) is 0 Å². The van der Waals surface area contributed by atoms with Crippen LogP contribution in [0.15, 0.2) is 35.5 Å². The van der Waals surface area contributed by atoms with Crippen LogP contribution in [-0.2, 0) is 9.53 Å². The average Bonchev–Trinajstić information content (AvgIpc) is 2.52. The molecule has 1 saturated heterocycles. The highest BCUT2D eigenvalue weighted by Crippen LogP contribution is 2.34. The van der Waals surface area contributed by atoms with Crippen LogP contribution >= 0.6 is 0 Å². The Hall–Kier alpha value is -1.31. The molecule has 1 aliphatic carbocycles. The van der Waals surface area contributed by atoms with E-state index in [1.807, 2.05) is 0 Å². The van der Waals surface area contributed by atoms with Gasteiger partial charge in [-0.3, -0.25) is 0 Å². The van der Waals surface area contributed by atoms with Crippen molar-refractivity contribution in [3.8, 4) is 0 Å². The van der Waals surface area contributed by atoms with Crippen LogP contribution in [0.25, 0.3) is 0 Å². The molecular weight excluding hydrogens is 212 g/mol. The Morgan fingerprint density at radius 3 is 2.82 bits per heavy atom. The maximum absolute atomic E-state index is 11.6. The number of ether oxygens (including phenoxy) is 1. The van der Waals surface area contributed by atoms with E-state index >= 15 is 0 Å². The quantitative estimate of drug-likeness (QED) is 0.363. The zero-order valence-electron chi connectivity index (χ0n) is 10.7. The lowest BCUT2D eigenvalue weighted by molar-refractivity contribution is -0.139. The number of rotatable bonds is 0. The highest BCUT2D eigenvalue weighted by Gasteiger charge is 2.37. The molecule has 17 heavy (non-hydrogen) atoms. The molecule has 0 bridgehead atoms. The van der Waals surface area contributed by atoms with Crippen molar-refractivity contribution >= 4 is 5.97 Å². The molecule has 0 amide bonds. The van der Waals surface area contributed by atoms with Gasteiger partial charge in [0.1, 0.15) is 6.10 Å². The Labute approximate surface area is 103 Å². The van der Waals surface area contributed by atoms with Gasteiger partial charge in [-0.1, -0.05) is 29.9 Å². The van der Waals surface area contributed by atoms with E-state index in [1.165, 1.54) is 11.1 Å². The minimum absolute atomic E-state index is 0.00611. The van der Waals surface area contributed by atoms with Gasteiger partial charge in [-0.15, -0.1) is 0 Å². The minimum atomic E-state index is -0.210. The predicted octanol–water partition coefficient (Wildman–Crippen LogP) is 3.55.